The topological polar surface area (TPSA) is 68.7 Å². The van der Waals surface area contributed by atoms with Crippen LogP contribution in [0.3, 0.4) is 0 Å². The van der Waals surface area contributed by atoms with Crippen LogP contribution in [0.4, 0.5) is 15.9 Å². The van der Waals surface area contributed by atoms with E-state index in [9.17, 15) is 4.39 Å². The van der Waals surface area contributed by atoms with Gasteiger partial charge in [-0.15, -0.1) is 0 Å². The first-order chi connectivity index (χ1) is 16.5. The molecule has 0 unspecified atom stereocenters. The summed E-state index contributed by atoms with van der Waals surface area (Å²) in [6, 6.07) is 8.56. The predicted molar refractivity (Wildman–Crippen MR) is 132 cm³/mol. The lowest BCUT2D eigenvalue weighted by molar-refractivity contribution is -0.0258. The Labute approximate surface area is 204 Å². The fraction of sp³-hybridized carbons (Fsp3) is 0.440. The van der Waals surface area contributed by atoms with Crippen LogP contribution in [-0.2, 0) is 4.74 Å². The van der Waals surface area contributed by atoms with Crippen molar-refractivity contribution in [2.45, 2.75) is 26.3 Å². The molecule has 0 radical (unpaired) electrons. The van der Waals surface area contributed by atoms with Gasteiger partial charge in [0.2, 0.25) is 0 Å². The van der Waals surface area contributed by atoms with Crippen LogP contribution in [0.5, 0.6) is 11.5 Å². The van der Waals surface area contributed by atoms with Crippen LogP contribution in [0.15, 0.2) is 36.7 Å². The quantitative estimate of drug-likeness (QED) is 0.410. The second kappa shape index (κ2) is 11.2. The van der Waals surface area contributed by atoms with Crippen LogP contribution in [0, 0.1) is 11.7 Å². The van der Waals surface area contributed by atoms with Crippen LogP contribution < -0.4 is 14.8 Å². The SMILES string of the molecule is COc1cc2ncnc(Nc3ccc(F)c(Cl)c3)c2cc1OCCCN1CCOC[C@H]1C(C)C. The Morgan fingerprint density at radius 2 is 2.09 bits per heavy atom. The molecule has 4 rings (SSSR count). The van der Waals surface area contributed by atoms with Gasteiger partial charge >= 0.3 is 0 Å². The summed E-state index contributed by atoms with van der Waals surface area (Å²) < 4.78 is 30.9. The molecule has 0 amide bonds. The molecule has 7 nitrogen and oxygen atoms in total. The lowest BCUT2D eigenvalue weighted by atomic mass is 10.0. The second-order valence-electron chi connectivity index (χ2n) is 8.62. The van der Waals surface area contributed by atoms with E-state index in [1.54, 1.807) is 13.2 Å². The van der Waals surface area contributed by atoms with Gasteiger partial charge in [-0.25, -0.2) is 14.4 Å². The van der Waals surface area contributed by atoms with E-state index in [1.165, 1.54) is 18.5 Å². The summed E-state index contributed by atoms with van der Waals surface area (Å²) >= 11 is 5.92. The monoisotopic (exact) mass is 488 g/mol. The number of anilines is 2. The Kier molecular flexibility index (Phi) is 8.03. The van der Waals surface area contributed by atoms with Crippen molar-refractivity contribution < 1.29 is 18.6 Å². The minimum atomic E-state index is -0.475. The van der Waals surface area contributed by atoms with Gasteiger partial charge < -0.3 is 19.5 Å². The average molecular weight is 489 g/mol. The first-order valence-corrected chi connectivity index (χ1v) is 11.8. The number of rotatable bonds is 9. The third-order valence-corrected chi connectivity index (χ3v) is 6.29. The van der Waals surface area contributed by atoms with E-state index >= 15 is 0 Å². The number of methoxy groups -OCH3 is 1. The van der Waals surface area contributed by atoms with E-state index < -0.39 is 5.82 Å². The molecule has 34 heavy (non-hydrogen) atoms. The third-order valence-electron chi connectivity index (χ3n) is 6.00. The maximum absolute atomic E-state index is 13.5. The number of hydrogen-bond acceptors (Lipinski definition) is 7. The van der Waals surface area contributed by atoms with Gasteiger partial charge in [0, 0.05) is 36.3 Å². The number of fused-ring (bicyclic) bond motifs is 1. The molecule has 1 aromatic heterocycles. The van der Waals surface area contributed by atoms with Gasteiger partial charge in [-0.3, -0.25) is 4.90 Å². The molecule has 0 aliphatic carbocycles. The second-order valence-corrected chi connectivity index (χ2v) is 9.03. The molecule has 182 valence electrons. The standard InChI is InChI=1S/C25H30ClFN4O3/c1-16(2)22-14-33-10-8-31(22)7-4-9-34-24-12-18-21(13-23(24)32-3)28-15-29-25(18)30-17-5-6-20(27)19(26)11-17/h5-6,11-13,15-16,22H,4,7-10,14H2,1-3H3,(H,28,29,30)/t22-/m0/s1. The molecule has 0 saturated carbocycles. The number of morpholine rings is 1. The Morgan fingerprint density at radius 1 is 1.24 bits per heavy atom. The van der Waals surface area contributed by atoms with E-state index in [2.05, 4.69) is 34.0 Å². The zero-order chi connectivity index (χ0) is 24.1. The van der Waals surface area contributed by atoms with Crippen LogP contribution in [-0.4, -0.2) is 60.9 Å². The highest BCUT2D eigenvalue weighted by molar-refractivity contribution is 6.31. The largest absolute Gasteiger partial charge is 0.493 e. The smallest absolute Gasteiger partial charge is 0.162 e. The van der Waals surface area contributed by atoms with Crippen molar-refractivity contribution in [2.75, 3.05) is 45.3 Å². The summed E-state index contributed by atoms with van der Waals surface area (Å²) in [7, 11) is 1.61. The number of benzene rings is 2. The van der Waals surface area contributed by atoms with Crippen LogP contribution >= 0.6 is 11.6 Å². The Balaban J connectivity index is 1.48. The maximum atomic E-state index is 13.5. The number of nitrogens with zero attached hydrogens (tertiary/aromatic N) is 3. The molecule has 1 atom stereocenters. The number of aromatic nitrogens is 2. The van der Waals surface area contributed by atoms with Crippen molar-refractivity contribution in [3.63, 3.8) is 0 Å². The number of nitrogens with one attached hydrogen (secondary N) is 1. The highest BCUT2D eigenvalue weighted by Gasteiger charge is 2.25. The molecule has 1 saturated heterocycles. The van der Waals surface area contributed by atoms with Crippen molar-refractivity contribution in [3.8, 4) is 11.5 Å². The molecule has 2 aromatic carbocycles. The van der Waals surface area contributed by atoms with Crippen LogP contribution in [0.25, 0.3) is 10.9 Å². The van der Waals surface area contributed by atoms with Gasteiger partial charge in [0.15, 0.2) is 11.5 Å². The predicted octanol–water partition coefficient (Wildman–Crippen LogP) is 5.30. The first kappa shape index (κ1) is 24.4. The van der Waals surface area contributed by atoms with E-state index in [0.29, 0.717) is 47.1 Å². The van der Waals surface area contributed by atoms with Crippen molar-refractivity contribution in [2.24, 2.45) is 5.92 Å². The molecular formula is C25H30ClFN4O3. The fourth-order valence-electron chi connectivity index (χ4n) is 4.15. The normalized spacial score (nSPS) is 16.7. The Morgan fingerprint density at radius 3 is 2.85 bits per heavy atom. The zero-order valence-electron chi connectivity index (χ0n) is 19.7. The maximum Gasteiger partial charge on any atom is 0.162 e. The van der Waals surface area contributed by atoms with Crippen LogP contribution in [0.1, 0.15) is 20.3 Å². The van der Waals surface area contributed by atoms with Gasteiger partial charge in [-0.2, -0.15) is 0 Å². The van der Waals surface area contributed by atoms with Crippen molar-refractivity contribution >= 4 is 34.0 Å². The van der Waals surface area contributed by atoms with Gasteiger partial charge in [0.05, 0.1) is 37.5 Å². The van der Waals surface area contributed by atoms with E-state index in [4.69, 9.17) is 25.8 Å². The molecule has 1 N–H and O–H groups in total. The van der Waals surface area contributed by atoms with Gasteiger partial charge in [-0.1, -0.05) is 25.4 Å². The summed E-state index contributed by atoms with van der Waals surface area (Å²) in [6.07, 6.45) is 2.35. The van der Waals surface area contributed by atoms with Gasteiger partial charge in [0.1, 0.15) is 18.0 Å². The Hall–Kier alpha value is -2.68. The average Bonchev–Trinajstić information content (AvgIpc) is 2.84. The molecule has 2 heterocycles. The molecule has 0 spiro atoms. The highest BCUT2D eigenvalue weighted by atomic mass is 35.5. The molecule has 1 aliphatic heterocycles. The van der Waals surface area contributed by atoms with E-state index in [1.807, 2.05) is 12.1 Å². The summed E-state index contributed by atoms with van der Waals surface area (Å²) in [5.41, 5.74) is 1.32. The summed E-state index contributed by atoms with van der Waals surface area (Å²) in [5.74, 6) is 1.86. The molecule has 3 aromatic rings. The molecule has 1 fully saturated rings. The third kappa shape index (κ3) is 5.68. The van der Waals surface area contributed by atoms with E-state index in [0.717, 1.165) is 38.1 Å². The number of halogens is 2. The van der Waals surface area contributed by atoms with Gasteiger partial charge in [-0.05, 0) is 36.6 Å². The summed E-state index contributed by atoms with van der Waals surface area (Å²) in [6.45, 7) is 8.47. The Bertz CT molecular complexity index is 1130. The highest BCUT2D eigenvalue weighted by Crippen LogP contribution is 2.35. The van der Waals surface area contributed by atoms with Gasteiger partial charge in [0.25, 0.3) is 0 Å². The molecule has 1 aliphatic rings. The van der Waals surface area contributed by atoms with Crippen molar-refractivity contribution in [3.05, 3.63) is 47.5 Å². The molecule has 9 heteroatoms. The number of hydrogen-bond donors (Lipinski definition) is 1. The minimum Gasteiger partial charge on any atom is -0.493 e. The lowest BCUT2D eigenvalue weighted by Gasteiger charge is -2.38. The van der Waals surface area contributed by atoms with Crippen LogP contribution in [0.2, 0.25) is 5.02 Å². The first-order valence-electron chi connectivity index (χ1n) is 11.5. The molecule has 0 bridgehead atoms. The summed E-state index contributed by atoms with van der Waals surface area (Å²) in [4.78, 5) is 11.2. The van der Waals surface area contributed by atoms with Crippen molar-refractivity contribution in [1.82, 2.24) is 14.9 Å². The zero-order valence-corrected chi connectivity index (χ0v) is 20.4. The van der Waals surface area contributed by atoms with E-state index in [-0.39, 0.29) is 5.02 Å². The minimum absolute atomic E-state index is 0.0361. The summed E-state index contributed by atoms with van der Waals surface area (Å²) in [5, 5.41) is 3.98. The lowest BCUT2D eigenvalue weighted by Crippen LogP contribution is -2.48. The fourth-order valence-corrected chi connectivity index (χ4v) is 4.33. The van der Waals surface area contributed by atoms with Crippen molar-refractivity contribution in [1.29, 1.82) is 0 Å². The molecular weight excluding hydrogens is 459 g/mol. The number of ether oxygens (including phenoxy) is 3.